The lowest BCUT2D eigenvalue weighted by molar-refractivity contribution is 0.0419. The van der Waals surface area contributed by atoms with Crippen molar-refractivity contribution in [2.24, 2.45) is 0 Å². The average molecular weight is 488 g/mol. The second-order valence-corrected chi connectivity index (χ2v) is 9.39. The van der Waals surface area contributed by atoms with Crippen molar-refractivity contribution in [3.63, 3.8) is 0 Å². The Kier molecular flexibility index (Phi) is 7.44. The predicted molar refractivity (Wildman–Crippen MR) is 138 cm³/mol. The highest BCUT2D eigenvalue weighted by Gasteiger charge is 2.31. The standard InChI is InChI=1S/C28H33N5O3/c1-35-26(19-31-12-11-21-5-3-4-6-24(21)17-31)20-33-14-13-32(28(33)34)18-25-9-7-22(15-29-25)23-8-10-27(36-2)30-16-23/h3-10,15-16,26H,11-14,17-20H2,1-2H3/t26-/m1/s1. The molecule has 0 aliphatic carbocycles. The van der Waals surface area contributed by atoms with Crippen molar-refractivity contribution in [1.29, 1.82) is 0 Å². The van der Waals surface area contributed by atoms with Gasteiger partial charge >= 0.3 is 6.03 Å². The Bertz CT molecular complexity index is 1170. The van der Waals surface area contributed by atoms with Crippen LogP contribution in [0.2, 0.25) is 0 Å². The molecule has 36 heavy (non-hydrogen) atoms. The first-order valence-corrected chi connectivity index (χ1v) is 12.4. The Morgan fingerprint density at radius 1 is 0.861 bits per heavy atom. The first-order chi connectivity index (χ1) is 17.6. The molecule has 1 aromatic carbocycles. The molecule has 188 valence electrons. The fourth-order valence-electron chi connectivity index (χ4n) is 4.96. The summed E-state index contributed by atoms with van der Waals surface area (Å²) in [6, 6.07) is 16.5. The minimum Gasteiger partial charge on any atom is -0.481 e. The lowest BCUT2D eigenvalue weighted by Crippen LogP contribution is -2.44. The number of carbonyl (C=O) groups excluding carboxylic acids is 1. The van der Waals surface area contributed by atoms with Gasteiger partial charge in [0.15, 0.2) is 0 Å². The van der Waals surface area contributed by atoms with Crippen LogP contribution < -0.4 is 4.74 Å². The van der Waals surface area contributed by atoms with E-state index >= 15 is 0 Å². The number of urea groups is 1. The molecule has 2 aliphatic rings. The van der Waals surface area contributed by atoms with Crippen LogP contribution >= 0.6 is 0 Å². The molecule has 3 aromatic rings. The number of benzene rings is 1. The maximum absolute atomic E-state index is 13.1. The van der Waals surface area contributed by atoms with Gasteiger partial charge in [-0.1, -0.05) is 30.3 Å². The van der Waals surface area contributed by atoms with Gasteiger partial charge in [-0.3, -0.25) is 9.88 Å². The highest BCUT2D eigenvalue weighted by Crippen LogP contribution is 2.22. The number of carbonyl (C=O) groups is 1. The summed E-state index contributed by atoms with van der Waals surface area (Å²) in [5, 5.41) is 0. The second kappa shape index (κ2) is 11.1. The number of nitrogens with zero attached hydrogens (tertiary/aromatic N) is 5. The van der Waals surface area contributed by atoms with E-state index in [0.29, 0.717) is 32.1 Å². The first-order valence-electron chi connectivity index (χ1n) is 12.4. The van der Waals surface area contributed by atoms with Crippen molar-refractivity contribution in [2.45, 2.75) is 25.6 Å². The third-order valence-corrected chi connectivity index (χ3v) is 7.07. The Morgan fingerprint density at radius 3 is 2.31 bits per heavy atom. The molecule has 0 saturated carbocycles. The van der Waals surface area contributed by atoms with Crippen molar-refractivity contribution >= 4 is 6.03 Å². The third-order valence-electron chi connectivity index (χ3n) is 7.07. The van der Waals surface area contributed by atoms with Crippen LogP contribution in [-0.2, 0) is 24.2 Å². The van der Waals surface area contributed by atoms with Gasteiger partial charge in [0.25, 0.3) is 0 Å². The number of fused-ring (bicyclic) bond motifs is 1. The lowest BCUT2D eigenvalue weighted by atomic mass is 10.00. The summed E-state index contributed by atoms with van der Waals surface area (Å²) in [7, 11) is 3.34. The number of aromatic nitrogens is 2. The third kappa shape index (κ3) is 5.50. The molecule has 8 nitrogen and oxygen atoms in total. The van der Waals surface area contributed by atoms with E-state index in [1.165, 1.54) is 11.1 Å². The second-order valence-electron chi connectivity index (χ2n) is 9.39. The minimum atomic E-state index is -0.0188. The van der Waals surface area contributed by atoms with Gasteiger partial charge in [0, 0.05) is 76.0 Å². The van der Waals surface area contributed by atoms with Crippen molar-refractivity contribution < 1.29 is 14.3 Å². The Hall–Kier alpha value is -3.49. The first kappa shape index (κ1) is 24.2. The van der Waals surface area contributed by atoms with Gasteiger partial charge in [-0.25, -0.2) is 9.78 Å². The van der Waals surface area contributed by atoms with Crippen LogP contribution in [0.25, 0.3) is 11.1 Å². The molecule has 4 heterocycles. The Morgan fingerprint density at radius 2 is 1.61 bits per heavy atom. The fourth-order valence-corrected chi connectivity index (χ4v) is 4.96. The largest absolute Gasteiger partial charge is 0.481 e. The van der Waals surface area contributed by atoms with Crippen molar-refractivity contribution in [1.82, 2.24) is 24.7 Å². The highest BCUT2D eigenvalue weighted by molar-refractivity contribution is 5.76. The molecule has 5 rings (SSSR count). The number of hydrogen-bond acceptors (Lipinski definition) is 6. The quantitative estimate of drug-likeness (QED) is 0.460. The number of hydrogen-bond donors (Lipinski definition) is 0. The zero-order chi connectivity index (χ0) is 24.9. The van der Waals surface area contributed by atoms with Gasteiger partial charge in [0.2, 0.25) is 5.88 Å². The summed E-state index contributed by atoms with van der Waals surface area (Å²) in [5.41, 5.74) is 5.65. The molecule has 2 aromatic heterocycles. The van der Waals surface area contributed by atoms with Crippen molar-refractivity contribution in [3.8, 4) is 17.0 Å². The molecular formula is C28H33N5O3. The summed E-state index contributed by atoms with van der Waals surface area (Å²) in [6.07, 6.45) is 4.64. The summed E-state index contributed by atoms with van der Waals surface area (Å²) in [6.45, 7) is 5.26. The van der Waals surface area contributed by atoms with Crippen LogP contribution in [0.4, 0.5) is 4.79 Å². The molecule has 8 heteroatoms. The van der Waals surface area contributed by atoms with Crippen LogP contribution in [0.15, 0.2) is 60.9 Å². The molecule has 1 atom stereocenters. The van der Waals surface area contributed by atoms with Crippen LogP contribution in [0.3, 0.4) is 0 Å². The van der Waals surface area contributed by atoms with Crippen LogP contribution in [0, 0.1) is 0 Å². The normalized spacial score (nSPS) is 16.8. The zero-order valence-corrected chi connectivity index (χ0v) is 21.0. The van der Waals surface area contributed by atoms with Crippen molar-refractivity contribution in [2.75, 3.05) is 46.9 Å². The number of rotatable bonds is 9. The number of ether oxygens (including phenoxy) is 2. The van der Waals surface area contributed by atoms with Gasteiger partial charge in [-0.2, -0.15) is 0 Å². The van der Waals surface area contributed by atoms with E-state index in [2.05, 4.69) is 39.1 Å². The van der Waals surface area contributed by atoms with E-state index in [-0.39, 0.29) is 12.1 Å². The molecule has 0 bridgehead atoms. The maximum atomic E-state index is 13.1. The van der Waals surface area contributed by atoms with E-state index in [0.717, 1.165) is 42.9 Å². The molecule has 0 radical (unpaired) electrons. The maximum Gasteiger partial charge on any atom is 0.320 e. The van der Waals surface area contributed by atoms with Gasteiger partial charge in [-0.05, 0) is 29.7 Å². The van der Waals surface area contributed by atoms with E-state index in [1.807, 2.05) is 40.3 Å². The van der Waals surface area contributed by atoms with Gasteiger partial charge in [0.1, 0.15) is 0 Å². The SMILES string of the molecule is COc1ccc(-c2ccc(CN3CCN(C[C@@H](CN4CCc5ccccc5C4)OC)C3=O)nc2)cn1. The summed E-state index contributed by atoms with van der Waals surface area (Å²) in [5.74, 6) is 0.581. The van der Waals surface area contributed by atoms with Gasteiger partial charge in [0.05, 0.1) is 25.5 Å². The summed E-state index contributed by atoms with van der Waals surface area (Å²) < 4.78 is 10.9. The van der Waals surface area contributed by atoms with E-state index in [1.54, 1.807) is 20.4 Å². The van der Waals surface area contributed by atoms with Crippen molar-refractivity contribution in [3.05, 3.63) is 77.7 Å². The predicted octanol–water partition coefficient (Wildman–Crippen LogP) is 3.46. The van der Waals surface area contributed by atoms with Gasteiger partial charge in [-0.15, -0.1) is 0 Å². The summed E-state index contributed by atoms with van der Waals surface area (Å²) >= 11 is 0. The minimum absolute atomic E-state index is 0.0188. The molecule has 0 spiro atoms. The molecule has 2 amide bonds. The molecule has 0 N–H and O–H groups in total. The lowest BCUT2D eigenvalue weighted by Gasteiger charge is -2.32. The fraction of sp³-hybridized carbons (Fsp3) is 0.393. The van der Waals surface area contributed by atoms with Crippen LogP contribution in [0.1, 0.15) is 16.8 Å². The topological polar surface area (TPSA) is 71.0 Å². The molecule has 1 saturated heterocycles. The summed E-state index contributed by atoms with van der Waals surface area (Å²) in [4.78, 5) is 28.1. The highest BCUT2D eigenvalue weighted by atomic mass is 16.5. The molecule has 0 unspecified atom stereocenters. The van der Waals surface area contributed by atoms with E-state index in [4.69, 9.17) is 9.47 Å². The Labute approximate surface area is 212 Å². The molecule has 1 fully saturated rings. The van der Waals surface area contributed by atoms with Crippen LogP contribution in [-0.4, -0.2) is 83.7 Å². The molecule has 2 aliphatic heterocycles. The van der Waals surface area contributed by atoms with E-state index in [9.17, 15) is 4.79 Å². The number of pyridine rings is 2. The van der Waals surface area contributed by atoms with Crippen LogP contribution in [0.5, 0.6) is 5.88 Å². The zero-order valence-electron chi connectivity index (χ0n) is 21.0. The smallest absolute Gasteiger partial charge is 0.320 e. The average Bonchev–Trinajstić information content (AvgIpc) is 3.27. The van der Waals surface area contributed by atoms with Gasteiger partial charge < -0.3 is 19.3 Å². The number of amides is 2. The monoisotopic (exact) mass is 487 g/mol. The Balaban J connectivity index is 1.14. The van der Waals surface area contributed by atoms with E-state index < -0.39 is 0 Å². The number of methoxy groups -OCH3 is 2. The molecular weight excluding hydrogens is 454 g/mol.